The molecular weight excluding hydrogens is 319 g/mol. The van der Waals surface area contributed by atoms with E-state index in [1.165, 1.54) is 36.4 Å². The van der Waals surface area contributed by atoms with Crippen molar-refractivity contribution in [1.29, 1.82) is 0 Å². The molecule has 1 fully saturated rings. The number of piperazine rings is 1. The average Bonchev–Trinajstić information content (AvgIpc) is 2.57. The number of halogens is 3. The van der Waals surface area contributed by atoms with E-state index in [1.807, 2.05) is 0 Å². The molecule has 0 unspecified atom stereocenters. The summed E-state index contributed by atoms with van der Waals surface area (Å²) < 4.78 is 39.6. The van der Waals surface area contributed by atoms with Crippen LogP contribution in [0.5, 0.6) is 0 Å². The standard InChI is InChI=1S/C17H16F3N3O/c18-12-1-4-14(5-2-12)21-17(24)23-9-7-22(8-10-23)16-6-3-13(19)11-15(16)20/h1-6,11H,7-10H2,(H,21,24). The van der Waals surface area contributed by atoms with E-state index in [2.05, 4.69) is 5.32 Å². The van der Waals surface area contributed by atoms with Crippen molar-refractivity contribution in [2.24, 2.45) is 0 Å². The van der Waals surface area contributed by atoms with Crippen LogP contribution in [0.2, 0.25) is 0 Å². The minimum absolute atomic E-state index is 0.291. The van der Waals surface area contributed by atoms with E-state index >= 15 is 0 Å². The van der Waals surface area contributed by atoms with Crippen LogP contribution in [0.3, 0.4) is 0 Å². The molecule has 0 radical (unpaired) electrons. The number of benzene rings is 2. The number of hydrogen-bond acceptors (Lipinski definition) is 2. The maximum absolute atomic E-state index is 13.8. The molecule has 2 aromatic carbocycles. The minimum Gasteiger partial charge on any atom is -0.366 e. The van der Waals surface area contributed by atoms with Crippen molar-refractivity contribution in [3.63, 3.8) is 0 Å². The van der Waals surface area contributed by atoms with Gasteiger partial charge >= 0.3 is 6.03 Å². The van der Waals surface area contributed by atoms with Crippen LogP contribution < -0.4 is 10.2 Å². The van der Waals surface area contributed by atoms with Crippen LogP contribution in [0.4, 0.5) is 29.3 Å². The van der Waals surface area contributed by atoms with E-state index in [0.717, 1.165) is 6.07 Å². The fourth-order valence-electron chi connectivity index (χ4n) is 2.62. The van der Waals surface area contributed by atoms with E-state index in [9.17, 15) is 18.0 Å². The molecule has 3 rings (SSSR count). The minimum atomic E-state index is -0.617. The van der Waals surface area contributed by atoms with Crippen molar-refractivity contribution in [3.8, 4) is 0 Å². The number of rotatable bonds is 2. The van der Waals surface area contributed by atoms with Gasteiger partial charge in [-0.15, -0.1) is 0 Å². The number of hydrogen-bond donors (Lipinski definition) is 1. The molecule has 7 heteroatoms. The van der Waals surface area contributed by atoms with E-state index in [1.54, 1.807) is 9.80 Å². The fraction of sp³-hybridized carbons (Fsp3) is 0.235. The van der Waals surface area contributed by atoms with Gasteiger partial charge in [0.25, 0.3) is 0 Å². The Balaban J connectivity index is 1.58. The molecule has 126 valence electrons. The molecule has 0 aromatic heterocycles. The summed E-state index contributed by atoms with van der Waals surface area (Å²) in [4.78, 5) is 15.6. The first-order valence-corrected chi connectivity index (χ1v) is 7.54. The van der Waals surface area contributed by atoms with Crippen LogP contribution in [0.15, 0.2) is 42.5 Å². The third kappa shape index (κ3) is 3.61. The van der Waals surface area contributed by atoms with Gasteiger partial charge in [-0.3, -0.25) is 0 Å². The fourth-order valence-corrected chi connectivity index (χ4v) is 2.62. The lowest BCUT2D eigenvalue weighted by molar-refractivity contribution is 0.208. The van der Waals surface area contributed by atoms with Gasteiger partial charge in [-0.25, -0.2) is 18.0 Å². The molecule has 1 heterocycles. The Morgan fingerprint density at radius 1 is 0.875 bits per heavy atom. The Kier molecular flexibility index (Phi) is 4.59. The van der Waals surface area contributed by atoms with Gasteiger partial charge in [0.05, 0.1) is 5.69 Å². The van der Waals surface area contributed by atoms with Crippen LogP contribution in [-0.2, 0) is 0 Å². The van der Waals surface area contributed by atoms with E-state index in [4.69, 9.17) is 0 Å². The molecule has 1 aliphatic heterocycles. The second-order valence-electron chi connectivity index (χ2n) is 5.51. The zero-order valence-corrected chi connectivity index (χ0v) is 12.8. The normalized spacial score (nSPS) is 14.6. The quantitative estimate of drug-likeness (QED) is 0.912. The van der Waals surface area contributed by atoms with Gasteiger partial charge in [-0.2, -0.15) is 0 Å². The molecule has 0 bridgehead atoms. The number of carbonyl (C=O) groups excluding carboxylic acids is 1. The number of urea groups is 1. The van der Waals surface area contributed by atoms with E-state index in [0.29, 0.717) is 37.6 Å². The van der Waals surface area contributed by atoms with Crippen molar-refractivity contribution in [2.45, 2.75) is 0 Å². The van der Waals surface area contributed by atoms with Crippen molar-refractivity contribution >= 4 is 17.4 Å². The van der Waals surface area contributed by atoms with Crippen molar-refractivity contribution < 1.29 is 18.0 Å². The van der Waals surface area contributed by atoms with Gasteiger partial charge in [0.2, 0.25) is 0 Å². The van der Waals surface area contributed by atoms with Crippen molar-refractivity contribution in [1.82, 2.24) is 4.90 Å². The van der Waals surface area contributed by atoms with Crippen molar-refractivity contribution in [2.75, 3.05) is 36.4 Å². The number of nitrogens with one attached hydrogen (secondary N) is 1. The Morgan fingerprint density at radius 3 is 2.12 bits per heavy atom. The summed E-state index contributed by atoms with van der Waals surface area (Å²) in [5, 5.41) is 2.69. The van der Waals surface area contributed by atoms with Crippen LogP contribution in [0, 0.1) is 17.5 Å². The first-order chi connectivity index (χ1) is 11.5. The highest BCUT2D eigenvalue weighted by molar-refractivity contribution is 5.89. The molecule has 24 heavy (non-hydrogen) atoms. The third-order valence-corrected chi connectivity index (χ3v) is 3.91. The molecule has 2 amide bonds. The number of anilines is 2. The lowest BCUT2D eigenvalue weighted by Gasteiger charge is -2.36. The molecule has 1 saturated heterocycles. The largest absolute Gasteiger partial charge is 0.366 e. The molecular formula is C17H16F3N3O. The second-order valence-corrected chi connectivity index (χ2v) is 5.51. The molecule has 0 atom stereocenters. The van der Waals surface area contributed by atoms with Crippen molar-refractivity contribution in [3.05, 3.63) is 59.9 Å². The molecule has 0 aliphatic carbocycles. The Labute approximate surface area is 137 Å². The summed E-state index contributed by atoms with van der Waals surface area (Å²) in [7, 11) is 0. The zero-order valence-electron chi connectivity index (χ0n) is 12.8. The lowest BCUT2D eigenvalue weighted by atomic mass is 10.2. The summed E-state index contributed by atoms with van der Waals surface area (Å²) in [5.74, 6) is -1.60. The van der Waals surface area contributed by atoms with Crippen LogP contribution in [-0.4, -0.2) is 37.1 Å². The summed E-state index contributed by atoms with van der Waals surface area (Å²) in [6.07, 6.45) is 0. The highest BCUT2D eigenvalue weighted by atomic mass is 19.1. The van der Waals surface area contributed by atoms with E-state index < -0.39 is 11.6 Å². The van der Waals surface area contributed by atoms with Crippen LogP contribution in [0.25, 0.3) is 0 Å². The van der Waals surface area contributed by atoms with Gasteiger partial charge in [0.15, 0.2) is 0 Å². The molecule has 0 spiro atoms. The molecule has 1 aliphatic rings. The summed E-state index contributed by atoms with van der Waals surface area (Å²) in [5.41, 5.74) is 0.836. The zero-order chi connectivity index (χ0) is 17.1. The highest BCUT2D eigenvalue weighted by Crippen LogP contribution is 2.21. The van der Waals surface area contributed by atoms with Crippen LogP contribution in [0.1, 0.15) is 0 Å². The summed E-state index contributed by atoms with van der Waals surface area (Å²) in [6, 6.07) is 8.68. The van der Waals surface area contributed by atoms with Gasteiger partial charge in [0, 0.05) is 37.9 Å². The molecule has 1 N–H and O–H groups in total. The maximum atomic E-state index is 13.8. The number of nitrogens with zero attached hydrogens (tertiary/aromatic N) is 2. The Morgan fingerprint density at radius 2 is 1.50 bits per heavy atom. The Bertz CT molecular complexity index is 728. The first kappa shape index (κ1) is 16.2. The summed E-state index contributed by atoms with van der Waals surface area (Å²) in [6.45, 7) is 1.70. The molecule has 0 saturated carbocycles. The molecule has 2 aromatic rings. The maximum Gasteiger partial charge on any atom is 0.321 e. The molecule has 4 nitrogen and oxygen atoms in total. The third-order valence-electron chi connectivity index (χ3n) is 3.91. The smallest absolute Gasteiger partial charge is 0.321 e. The predicted octanol–water partition coefficient (Wildman–Crippen LogP) is 3.46. The predicted molar refractivity (Wildman–Crippen MR) is 85.6 cm³/mol. The number of carbonyl (C=O) groups is 1. The van der Waals surface area contributed by atoms with Gasteiger partial charge in [0.1, 0.15) is 17.5 Å². The van der Waals surface area contributed by atoms with E-state index in [-0.39, 0.29) is 11.8 Å². The number of amides is 2. The van der Waals surface area contributed by atoms with Gasteiger partial charge in [-0.05, 0) is 36.4 Å². The first-order valence-electron chi connectivity index (χ1n) is 7.54. The second kappa shape index (κ2) is 6.82. The SMILES string of the molecule is O=C(Nc1ccc(F)cc1)N1CCN(c2ccc(F)cc2F)CC1. The highest BCUT2D eigenvalue weighted by Gasteiger charge is 2.23. The Hall–Kier alpha value is -2.70. The average molecular weight is 335 g/mol. The lowest BCUT2D eigenvalue weighted by Crippen LogP contribution is -2.50. The topological polar surface area (TPSA) is 35.6 Å². The van der Waals surface area contributed by atoms with Crippen LogP contribution >= 0.6 is 0 Å². The monoisotopic (exact) mass is 335 g/mol. The van der Waals surface area contributed by atoms with Gasteiger partial charge in [-0.1, -0.05) is 0 Å². The summed E-state index contributed by atoms with van der Waals surface area (Å²) >= 11 is 0. The van der Waals surface area contributed by atoms with Gasteiger partial charge < -0.3 is 15.1 Å².